The van der Waals surface area contributed by atoms with Crippen LogP contribution in [0.25, 0.3) is 11.0 Å². The molecule has 0 bridgehead atoms. The quantitative estimate of drug-likeness (QED) is 0.891. The molecule has 0 atom stereocenters. The van der Waals surface area contributed by atoms with Crippen molar-refractivity contribution in [3.63, 3.8) is 0 Å². The maximum absolute atomic E-state index is 11.8. The van der Waals surface area contributed by atoms with E-state index >= 15 is 0 Å². The molecule has 4 nitrogen and oxygen atoms in total. The van der Waals surface area contributed by atoms with Gasteiger partial charge in [0, 0.05) is 20.6 Å². The van der Waals surface area contributed by atoms with Crippen molar-refractivity contribution < 1.29 is 0 Å². The normalized spacial score (nSPS) is 11.6. The van der Waals surface area contributed by atoms with Gasteiger partial charge in [0.05, 0.1) is 11.0 Å². The number of hydrogen-bond acceptors (Lipinski definition) is 2. The van der Waals surface area contributed by atoms with Crippen molar-refractivity contribution >= 4 is 11.0 Å². The van der Waals surface area contributed by atoms with E-state index in [4.69, 9.17) is 0 Å². The molecular weight excluding hydrogens is 226 g/mol. The first-order valence-corrected chi connectivity index (χ1v) is 6.35. The number of fused-ring (bicyclic) bond motifs is 1. The van der Waals surface area contributed by atoms with Crippen LogP contribution in [-0.2, 0) is 20.6 Å². The van der Waals surface area contributed by atoms with Crippen LogP contribution in [0.1, 0.15) is 19.4 Å². The third-order valence-electron chi connectivity index (χ3n) is 3.22. The van der Waals surface area contributed by atoms with Crippen molar-refractivity contribution in [3.05, 3.63) is 34.2 Å². The van der Waals surface area contributed by atoms with Gasteiger partial charge in [-0.2, -0.15) is 0 Å². The summed E-state index contributed by atoms with van der Waals surface area (Å²) in [6.07, 6.45) is 0. The van der Waals surface area contributed by atoms with Crippen LogP contribution in [0, 0.1) is 5.92 Å². The minimum Gasteiger partial charge on any atom is -0.312 e. The third-order valence-corrected chi connectivity index (χ3v) is 3.22. The van der Waals surface area contributed by atoms with Crippen LogP contribution in [-0.4, -0.2) is 15.7 Å². The van der Waals surface area contributed by atoms with Crippen LogP contribution in [0.4, 0.5) is 0 Å². The molecule has 18 heavy (non-hydrogen) atoms. The van der Waals surface area contributed by atoms with E-state index in [2.05, 4.69) is 31.3 Å². The molecule has 4 heteroatoms. The Kier molecular flexibility index (Phi) is 3.57. The Bertz CT molecular complexity index is 607. The highest BCUT2D eigenvalue weighted by atomic mass is 16.1. The van der Waals surface area contributed by atoms with E-state index < -0.39 is 0 Å². The second-order valence-corrected chi connectivity index (χ2v) is 5.25. The fourth-order valence-corrected chi connectivity index (χ4v) is 2.17. The topological polar surface area (TPSA) is 39.0 Å². The van der Waals surface area contributed by atoms with Crippen molar-refractivity contribution in [2.75, 3.05) is 6.54 Å². The summed E-state index contributed by atoms with van der Waals surface area (Å²) in [6.45, 7) is 6.23. The van der Waals surface area contributed by atoms with Crippen molar-refractivity contribution in [1.29, 1.82) is 0 Å². The summed E-state index contributed by atoms with van der Waals surface area (Å²) in [5.41, 5.74) is 3.21. The molecule has 0 saturated heterocycles. The standard InChI is InChI=1S/C14H21N3O/c1-10(2)8-15-9-11-5-6-12-13(7-11)17(4)14(18)16(12)3/h5-7,10,15H,8-9H2,1-4H3. The van der Waals surface area contributed by atoms with Crippen molar-refractivity contribution in [1.82, 2.24) is 14.5 Å². The highest BCUT2D eigenvalue weighted by Gasteiger charge is 2.07. The predicted molar refractivity (Wildman–Crippen MR) is 74.7 cm³/mol. The molecule has 0 amide bonds. The first-order valence-electron chi connectivity index (χ1n) is 6.35. The Morgan fingerprint density at radius 3 is 2.50 bits per heavy atom. The van der Waals surface area contributed by atoms with E-state index in [1.54, 1.807) is 16.2 Å². The Labute approximate surface area is 107 Å². The number of rotatable bonds is 4. The molecule has 0 spiro atoms. The number of nitrogens with zero attached hydrogens (tertiary/aromatic N) is 2. The molecule has 2 rings (SSSR count). The zero-order chi connectivity index (χ0) is 13.3. The summed E-state index contributed by atoms with van der Waals surface area (Å²) in [6, 6.07) is 6.18. The van der Waals surface area contributed by atoms with Crippen LogP contribution in [0.3, 0.4) is 0 Å². The second-order valence-electron chi connectivity index (χ2n) is 5.25. The molecule has 1 heterocycles. The first kappa shape index (κ1) is 12.9. The molecule has 0 radical (unpaired) electrons. The Balaban J connectivity index is 2.27. The van der Waals surface area contributed by atoms with Gasteiger partial charge in [0.15, 0.2) is 0 Å². The van der Waals surface area contributed by atoms with Gasteiger partial charge in [-0.1, -0.05) is 19.9 Å². The van der Waals surface area contributed by atoms with Crippen molar-refractivity contribution in [3.8, 4) is 0 Å². The summed E-state index contributed by atoms with van der Waals surface area (Å²) >= 11 is 0. The Morgan fingerprint density at radius 2 is 1.83 bits per heavy atom. The first-order chi connectivity index (χ1) is 8.50. The Hall–Kier alpha value is -1.55. The van der Waals surface area contributed by atoms with E-state index in [9.17, 15) is 4.79 Å². The van der Waals surface area contributed by atoms with Gasteiger partial charge in [0.1, 0.15) is 0 Å². The third kappa shape index (κ3) is 2.34. The molecule has 0 unspecified atom stereocenters. The summed E-state index contributed by atoms with van der Waals surface area (Å²) < 4.78 is 3.38. The van der Waals surface area contributed by atoms with Crippen LogP contribution < -0.4 is 11.0 Å². The van der Waals surface area contributed by atoms with Crippen LogP contribution in [0.15, 0.2) is 23.0 Å². The molecule has 1 N–H and O–H groups in total. The van der Waals surface area contributed by atoms with E-state index in [0.29, 0.717) is 5.92 Å². The predicted octanol–water partition coefficient (Wildman–Crippen LogP) is 1.62. The summed E-state index contributed by atoms with van der Waals surface area (Å²) in [5, 5.41) is 3.41. The van der Waals surface area contributed by atoms with Crippen LogP contribution in [0.5, 0.6) is 0 Å². The lowest BCUT2D eigenvalue weighted by Crippen LogP contribution is -2.19. The minimum absolute atomic E-state index is 0.0253. The van der Waals surface area contributed by atoms with E-state index in [1.165, 1.54) is 5.56 Å². The largest absolute Gasteiger partial charge is 0.328 e. The molecule has 1 aromatic carbocycles. The lowest BCUT2D eigenvalue weighted by atomic mass is 10.2. The van der Waals surface area contributed by atoms with E-state index in [1.807, 2.05) is 13.1 Å². The van der Waals surface area contributed by atoms with Gasteiger partial charge >= 0.3 is 5.69 Å². The van der Waals surface area contributed by atoms with E-state index in [-0.39, 0.29) is 5.69 Å². The van der Waals surface area contributed by atoms with Crippen LogP contribution in [0.2, 0.25) is 0 Å². The smallest absolute Gasteiger partial charge is 0.312 e. The van der Waals surface area contributed by atoms with Gasteiger partial charge in [-0.25, -0.2) is 4.79 Å². The lowest BCUT2D eigenvalue weighted by Gasteiger charge is -2.07. The van der Waals surface area contributed by atoms with Gasteiger partial charge < -0.3 is 5.32 Å². The van der Waals surface area contributed by atoms with Gasteiger partial charge in [-0.15, -0.1) is 0 Å². The molecule has 0 aliphatic rings. The molecule has 0 fully saturated rings. The maximum Gasteiger partial charge on any atom is 0.328 e. The minimum atomic E-state index is 0.0253. The summed E-state index contributed by atoms with van der Waals surface area (Å²) in [5.74, 6) is 0.648. The van der Waals surface area contributed by atoms with E-state index in [0.717, 1.165) is 24.1 Å². The highest BCUT2D eigenvalue weighted by molar-refractivity contribution is 5.76. The molecular formula is C14H21N3O. The molecule has 0 saturated carbocycles. The van der Waals surface area contributed by atoms with Gasteiger partial charge in [-0.05, 0) is 30.2 Å². The van der Waals surface area contributed by atoms with Crippen molar-refractivity contribution in [2.24, 2.45) is 20.0 Å². The SMILES string of the molecule is CC(C)CNCc1ccc2c(c1)n(C)c(=O)n2C. The lowest BCUT2D eigenvalue weighted by molar-refractivity contribution is 0.552. The molecule has 0 aliphatic carbocycles. The average molecular weight is 247 g/mol. The Morgan fingerprint density at radius 1 is 1.17 bits per heavy atom. The average Bonchev–Trinajstić information content (AvgIpc) is 2.54. The second kappa shape index (κ2) is 4.98. The fourth-order valence-electron chi connectivity index (χ4n) is 2.17. The number of aryl methyl sites for hydroxylation is 2. The molecule has 0 aliphatic heterocycles. The van der Waals surface area contributed by atoms with Gasteiger partial charge in [0.2, 0.25) is 0 Å². The molecule has 1 aromatic heterocycles. The highest BCUT2D eigenvalue weighted by Crippen LogP contribution is 2.13. The summed E-state index contributed by atoms with van der Waals surface area (Å²) in [4.78, 5) is 11.8. The number of imidazole rings is 1. The summed E-state index contributed by atoms with van der Waals surface area (Å²) in [7, 11) is 3.62. The zero-order valence-corrected chi connectivity index (χ0v) is 11.5. The molecule has 2 aromatic rings. The number of nitrogens with one attached hydrogen (secondary N) is 1. The molecule has 98 valence electrons. The maximum atomic E-state index is 11.8. The van der Waals surface area contributed by atoms with Gasteiger partial charge in [0.25, 0.3) is 0 Å². The number of hydrogen-bond donors (Lipinski definition) is 1. The monoisotopic (exact) mass is 247 g/mol. The van der Waals surface area contributed by atoms with Crippen molar-refractivity contribution in [2.45, 2.75) is 20.4 Å². The van der Waals surface area contributed by atoms with Gasteiger partial charge in [-0.3, -0.25) is 9.13 Å². The number of benzene rings is 1. The zero-order valence-electron chi connectivity index (χ0n) is 11.5. The fraction of sp³-hybridized carbons (Fsp3) is 0.500. The number of aromatic nitrogens is 2. The van der Waals surface area contributed by atoms with Crippen LogP contribution >= 0.6 is 0 Å².